The summed E-state index contributed by atoms with van der Waals surface area (Å²) in [6.07, 6.45) is 0. The van der Waals surface area contributed by atoms with Gasteiger partial charge >= 0.3 is 0 Å². The predicted octanol–water partition coefficient (Wildman–Crippen LogP) is 9.04. The molecule has 0 spiro atoms. The lowest BCUT2D eigenvalue weighted by Crippen LogP contribution is -2.93. The van der Waals surface area contributed by atoms with Crippen LogP contribution in [0.4, 0.5) is 0 Å². The summed E-state index contributed by atoms with van der Waals surface area (Å²) in [7, 11) is -5.97. The van der Waals surface area contributed by atoms with Crippen LogP contribution in [0.1, 0.15) is 0 Å². The molecule has 13 rings (SSSR count). The Kier molecular flexibility index (Phi) is 9.82. The van der Waals surface area contributed by atoms with E-state index in [-0.39, 0.29) is 0 Å². The third kappa shape index (κ3) is 6.30. The monoisotopic (exact) mass is 912 g/mol. The van der Waals surface area contributed by atoms with Crippen LogP contribution >= 0.6 is 0 Å². The third-order valence-corrected chi connectivity index (χ3v) is 24.5. The van der Waals surface area contributed by atoms with Gasteiger partial charge in [-0.2, -0.15) is 0 Å². The van der Waals surface area contributed by atoms with Crippen LogP contribution < -0.4 is 41.5 Å². The molecule has 1 aliphatic heterocycles. The van der Waals surface area contributed by atoms with Crippen molar-refractivity contribution in [3.05, 3.63) is 267 Å². The Morgan fingerprint density at radius 3 is 1.16 bits per heavy atom. The number of hydrogen-bond acceptors (Lipinski definition) is 3. The normalized spacial score (nSPS) is 13.4. The van der Waals surface area contributed by atoms with E-state index in [4.69, 9.17) is 15.0 Å². The molecule has 0 bridgehead atoms. The van der Waals surface area contributed by atoms with Gasteiger partial charge in [-0.1, -0.05) is 243 Å². The zero-order valence-corrected chi connectivity index (χ0v) is 39.7. The van der Waals surface area contributed by atoms with Crippen molar-refractivity contribution in [2.24, 2.45) is 0 Å². The second kappa shape index (κ2) is 16.6. The lowest BCUT2D eigenvalue weighted by atomic mass is 10.1. The molecule has 69 heavy (non-hydrogen) atoms. The molecule has 0 fully saturated rings. The molecule has 0 saturated heterocycles. The zero-order valence-electron chi connectivity index (χ0n) is 37.7. The third-order valence-electron chi connectivity index (χ3n) is 14.3. The van der Waals surface area contributed by atoms with Crippen molar-refractivity contribution in [3.63, 3.8) is 0 Å². The van der Waals surface area contributed by atoms with Crippen molar-refractivity contribution in [2.45, 2.75) is 0 Å². The minimum Gasteiger partial charge on any atom is -0.309 e. The topological polar surface area (TPSA) is 43.6 Å². The Labute approximate surface area is 403 Å². The molecule has 0 saturated carbocycles. The smallest absolute Gasteiger partial charge is 0.179 e. The summed E-state index contributed by atoms with van der Waals surface area (Å²) >= 11 is 0. The fourth-order valence-corrected chi connectivity index (χ4v) is 23.5. The summed E-state index contributed by atoms with van der Waals surface area (Å²) in [6, 6.07) is 98.3. The number of fused-ring (bicyclic) bond motifs is 5. The number of nitrogens with zero attached hydrogens (tertiary/aromatic N) is 4. The SMILES string of the molecule is c1ccc(-c2nc(-c3ccccc3)nc(-c3ccccc3-n3c4ccccc4c4ccc([Si]5(c6ccccc6)c6ccccc6[Si](c6ccccc6)(c6ccccc6)c6ccccc65)cc43)n2)cc1. The summed E-state index contributed by atoms with van der Waals surface area (Å²) < 4.78 is 2.46. The van der Waals surface area contributed by atoms with Crippen LogP contribution in [-0.4, -0.2) is 35.7 Å². The zero-order chi connectivity index (χ0) is 45.8. The number of rotatable bonds is 8. The van der Waals surface area contributed by atoms with Crippen LogP contribution in [0.15, 0.2) is 267 Å². The van der Waals surface area contributed by atoms with Gasteiger partial charge in [-0.25, -0.2) is 15.0 Å². The Balaban J connectivity index is 1.12. The number of aromatic nitrogens is 4. The first-order valence-corrected chi connectivity index (χ1v) is 27.6. The van der Waals surface area contributed by atoms with E-state index in [1.54, 1.807) is 0 Å². The standard InChI is InChI=1S/C63H44N4Si2/c1-6-24-45(25-7-1)61-64-62(46-26-8-2-9-27-46)66-63(65-61)53-35-17-19-37-55(53)67-54-36-18-16-34-51(54)52-43-42-50(44-56(52)67)69(49-32-14-5-15-33-49)59-40-22-20-38-57(59)68(47-28-10-3-11-29-47,48-30-12-4-13-31-48)58-39-21-23-41-60(58)69/h1-44H. The molecule has 3 heterocycles. The van der Waals surface area contributed by atoms with Gasteiger partial charge in [0.05, 0.1) is 16.7 Å². The number of para-hydroxylation sites is 2. The highest BCUT2D eigenvalue weighted by Crippen LogP contribution is 2.36. The van der Waals surface area contributed by atoms with Crippen LogP contribution in [0.3, 0.4) is 0 Å². The summed E-state index contributed by atoms with van der Waals surface area (Å²) in [4.78, 5) is 15.6. The first-order chi connectivity index (χ1) is 34.2. The molecule has 0 radical (unpaired) electrons. The molecule has 0 amide bonds. The van der Waals surface area contributed by atoms with Gasteiger partial charge in [0.25, 0.3) is 0 Å². The van der Waals surface area contributed by atoms with E-state index in [1.165, 1.54) is 52.3 Å². The fourth-order valence-electron chi connectivity index (χ4n) is 11.5. The molecule has 324 valence electrons. The molecule has 0 N–H and O–H groups in total. The second-order valence-electron chi connectivity index (χ2n) is 17.8. The second-order valence-corrected chi connectivity index (χ2v) is 25.3. The van der Waals surface area contributed by atoms with E-state index in [1.807, 2.05) is 36.4 Å². The molecule has 6 heteroatoms. The van der Waals surface area contributed by atoms with Crippen molar-refractivity contribution < 1.29 is 0 Å². The van der Waals surface area contributed by atoms with Crippen LogP contribution in [-0.2, 0) is 0 Å². The highest BCUT2D eigenvalue weighted by atomic mass is 28.3. The summed E-state index contributed by atoms with van der Waals surface area (Å²) in [5.41, 5.74) is 6.06. The highest BCUT2D eigenvalue weighted by Gasteiger charge is 2.56. The van der Waals surface area contributed by atoms with Crippen LogP contribution in [0.2, 0.25) is 0 Å². The molecule has 0 atom stereocenters. The largest absolute Gasteiger partial charge is 0.309 e. The molecular formula is C63H44N4Si2. The van der Waals surface area contributed by atoms with Gasteiger partial charge in [-0.15, -0.1) is 0 Å². The highest BCUT2D eigenvalue weighted by molar-refractivity contribution is 7.32. The van der Waals surface area contributed by atoms with Crippen molar-refractivity contribution >= 4 is 79.4 Å². The molecule has 0 aliphatic carbocycles. The van der Waals surface area contributed by atoms with E-state index in [0.29, 0.717) is 17.5 Å². The minimum absolute atomic E-state index is 0.619. The average molecular weight is 913 g/mol. The van der Waals surface area contributed by atoms with E-state index in [9.17, 15) is 0 Å². The van der Waals surface area contributed by atoms with Gasteiger partial charge in [-0.3, -0.25) is 0 Å². The van der Waals surface area contributed by atoms with Crippen LogP contribution in [0, 0.1) is 0 Å². The van der Waals surface area contributed by atoms with Gasteiger partial charge in [0.15, 0.2) is 33.6 Å². The maximum Gasteiger partial charge on any atom is 0.179 e. The fraction of sp³-hybridized carbons (Fsp3) is 0. The number of benzene rings is 10. The predicted molar refractivity (Wildman–Crippen MR) is 291 cm³/mol. The molecule has 2 aromatic heterocycles. The van der Waals surface area contributed by atoms with Gasteiger partial charge in [0, 0.05) is 27.5 Å². The van der Waals surface area contributed by atoms with E-state index in [2.05, 4.69) is 235 Å². The Morgan fingerprint density at radius 1 is 0.275 bits per heavy atom. The van der Waals surface area contributed by atoms with Crippen LogP contribution in [0.5, 0.6) is 0 Å². The Bertz CT molecular complexity index is 3690. The quantitative estimate of drug-likeness (QED) is 0.143. The lowest BCUT2D eigenvalue weighted by molar-refractivity contribution is 1.06. The van der Waals surface area contributed by atoms with E-state index in [0.717, 1.165) is 33.4 Å². The van der Waals surface area contributed by atoms with Gasteiger partial charge in [0.1, 0.15) is 0 Å². The molecule has 10 aromatic carbocycles. The average Bonchev–Trinajstić information content (AvgIpc) is 3.77. The Hall–Kier alpha value is -8.56. The molecule has 1 aliphatic rings. The molecular weight excluding hydrogens is 869 g/mol. The minimum atomic E-state index is -3.10. The maximum atomic E-state index is 5.26. The van der Waals surface area contributed by atoms with Gasteiger partial charge in [-0.05, 0) is 65.8 Å². The van der Waals surface area contributed by atoms with E-state index >= 15 is 0 Å². The first kappa shape index (κ1) is 40.7. The maximum absolute atomic E-state index is 5.26. The van der Waals surface area contributed by atoms with Gasteiger partial charge in [0.2, 0.25) is 0 Å². The van der Waals surface area contributed by atoms with E-state index < -0.39 is 16.1 Å². The molecule has 12 aromatic rings. The first-order valence-electron chi connectivity index (χ1n) is 23.6. The lowest BCUT2D eigenvalue weighted by Gasteiger charge is -2.48. The summed E-state index contributed by atoms with van der Waals surface area (Å²) in [6.45, 7) is 0. The van der Waals surface area contributed by atoms with Crippen molar-refractivity contribution in [1.29, 1.82) is 0 Å². The van der Waals surface area contributed by atoms with Crippen molar-refractivity contribution in [1.82, 2.24) is 19.5 Å². The van der Waals surface area contributed by atoms with Crippen molar-refractivity contribution in [2.75, 3.05) is 0 Å². The summed E-state index contributed by atoms with van der Waals surface area (Å²) in [5, 5.41) is 13.7. The molecule has 0 unspecified atom stereocenters. The van der Waals surface area contributed by atoms with Gasteiger partial charge < -0.3 is 4.57 Å². The Morgan fingerprint density at radius 2 is 0.652 bits per heavy atom. The number of hydrogen-bond donors (Lipinski definition) is 0. The molecule has 4 nitrogen and oxygen atoms in total. The summed E-state index contributed by atoms with van der Waals surface area (Å²) in [5.74, 6) is 1.89. The van der Waals surface area contributed by atoms with Crippen LogP contribution in [0.25, 0.3) is 61.7 Å². The van der Waals surface area contributed by atoms with Crippen molar-refractivity contribution in [3.8, 4) is 39.9 Å².